The fraction of sp³-hybridized carbons (Fsp3) is 0.393. The zero-order chi connectivity index (χ0) is 28.7. The molecule has 10 nitrogen and oxygen atoms in total. The Balaban J connectivity index is 1.21. The lowest BCUT2D eigenvalue weighted by molar-refractivity contribution is 0.0765. The monoisotopic (exact) mass is 690 g/mol. The Morgan fingerprint density at radius 2 is 2.00 bits per heavy atom. The van der Waals surface area contributed by atoms with Crippen molar-refractivity contribution in [2.24, 2.45) is 0 Å². The minimum absolute atomic E-state index is 0.0378. The predicted molar refractivity (Wildman–Crippen MR) is 164 cm³/mol. The van der Waals surface area contributed by atoms with E-state index in [0.29, 0.717) is 53.2 Å². The number of benzene rings is 1. The van der Waals surface area contributed by atoms with Crippen LogP contribution < -0.4 is 10.2 Å². The highest BCUT2D eigenvalue weighted by Gasteiger charge is 2.31. The summed E-state index contributed by atoms with van der Waals surface area (Å²) < 4.78 is 17.5. The van der Waals surface area contributed by atoms with Gasteiger partial charge < -0.3 is 24.8 Å². The number of aryl methyl sites for hydroxylation is 1. The Hall–Kier alpha value is -3.10. The summed E-state index contributed by atoms with van der Waals surface area (Å²) in [7, 11) is 0. The van der Waals surface area contributed by atoms with Crippen molar-refractivity contribution in [3.63, 3.8) is 0 Å². The van der Waals surface area contributed by atoms with Crippen molar-refractivity contribution < 1.29 is 14.3 Å². The largest absolute Gasteiger partial charge is 0.391 e. The van der Waals surface area contributed by atoms with Gasteiger partial charge in [-0.1, -0.05) is 41.1 Å². The van der Waals surface area contributed by atoms with Crippen molar-refractivity contribution >= 4 is 68.6 Å². The summed E-state index contributed by atoms with van der Waals surface area (Å²) in [6, 6.07) is 4.95. The third-order valence-electron chi connectivity index (χ3n) is 7.74. The number of rotatable bonds is 6. The van der Waals surface area contributed by atoms with Crippen molar-refractivity contribution in [2.45, 2.75) is 48.8 Å². The molecule has 5 heterocycles. The molecule has 0 aliphatic carbocycles. The normalized spacial score (nSPS) is 21.0. The highest BCUT2D eigenvalue weighted by Crippen LogP contribution is 2.37. The van der Waals surface area contributed by atoms with E-state index in [1.165, 1.54) is 12.5 Å². The van der Waals surface area contributed by atoms with Crippen LogP contribution in [0.1, 0.15) is 48.1 Å². The Morgan fingerprint density at radius 3 is 2.68 bits per heavy atom. The second kappa shape index (κ2) is 11.6. The number of alkyl halides is 1. The maximum Gasteiger partial charge on any atom is 0.253 e. The first-order chi connectivity index (χ1) is 19.8. The average molecular weight is 691 g/mol. The SMILES string of the molecule is CCc1cnc(N2CCC(n3cc(F)c4c(Nc5ccc(C(=O)N6CCC(O)C6)cc5Cl)ncnc43)CC2I)nc1. The van der Waals surface area contributed by atoms with Crippen LogP contribution in [0.5, 0.6) is 0 Å². The number of halogens is 3. The fourth-order valence-corrected chi connectivity index (χ4v) is 6.80. The molecule has 214 valence electrons. The Bertz CT molecular complexity index is 1590. The predicted octanol–water partition coefficient (Wildman–Crippen LogP) is 5.13. The minimum atomic E-state index is -0.500. The summed E-state index contributed by atoms with van der Waals surface area (Å²) in [5, 5.41) is 13.5. The number of hydrogen-bond acceptors (Lipinski definition) is 8. The van der Waals surface area contributed by atoms with Crippen LogP contribution in [0.4, 0.5) is 21.8 Å². The van der Waals surface area contributed by atoms with Crippen molar-refractivity contribution in [1.82, 2.24) is 29.4 Å². The number of anilines is 3. The van der Waals surface area contributed by atoms with E-state index in [1.54, 1.807) is 23.1 Å². The van der Waals surface area contributed by atoms with Crippen LogP contribution in [0.2, 0.25) is 5.02 Å². The molecule has 13 heteroatoms. The number of likely N-dealkylation sites (tertiary alicyclic amines) is 1. The summed E-state index contributed by atoms with van der Waals surface area (Å²) >= 11 is 8.93. The van der Waals surface area contributed by atoms with E-state index >= 15 is 4.39 Å². The molecule has 3 unspecified atom stereocenters. The number of aromatic nitrogens is 5. The number of carbonyl (C=O) groups excluding carboxylic acids is 1. The summed E-state index contributed by atoms with van der Waals surface area (Å²) in [6.07, 6.45) is 9.15. The van der Waals surface area contributed by atoms with Gasteiger partial charge >= 0.3 is 0 Å². The molecule has 3 aromatic heterocycles. The summed E-state index contributed by atoms with van der Waals surface area (Å²) in [6.45, 7) is 3.62. The number of β-amino-alcohol motifs (C(OH)–C–C–N with tert-alkyl or cyclic N) is 1. The first kappa shape index (κ1) is 28.0. The van der Waals surface area contributed by atoms with Gasteiger partial charge in [0.2, 0.25) is 5.95 Å². The van der Waals surface area contributed by atoms with Crippen LogP contribution in [-0.2, 0) is 6.42 Å². The first-order valence-corrected chi connectivity index (χ1v) is 15.2. The Morgan fingerprint density at radius 1 is 1.20 bits per heavy atom. The molecular formula is C28H29ClFIN8O2. The van der Waals surface area contributed by atoms with Crippen LogP contribution in [0.15, 0.2) is 43.1 Å². The molecule has 6 rings (SSSR count). The molecule has 0 spiro atoms. The zero-order valence-electron chi connectivity index (χ0n) is 22.3. The highest BCUT2D eigenvalue weighted by atomic mass is 127. The molecule has 4 aromatic rings. The topological polar surface area (TPSA) is 112 Å². The Labute approximate surface area is 255 Å². The van der Waals surface area contributed by atoms with Gasteiger partial charge in [0.1, 0.15) is 17.8 Å². The van der Waals surface area contributed by atoms with Crippen LogP contribution in [0, 0.1) is 5.82 Å². The van der Waals surface area contributed by atoms with Gasteiger partial charge in [0.05, 0.1) is 26.2 Å². The summed E-state index contributed by atoms with van der Waals surface area (Å²) in [4.78, 5) is 34.4. The molecule has 3 atom stereocenters. The van der Waals surface area contributed by atoms with Gasteiger partial charge in [-0.15, -0.1) is 0 Å². The van der Waals surface area contributed by atoms with Gasteiger partial charge in [-0.05, 0) is 49.4 Å². The second-order valence-electron chi connectivity index (χ2n) is 10.4. The minimum Gasteiger partial charge on any atom is -0.391 e. The molecule has 2 aliphatic rings. The van der Waals surface area contributed by atoms with Gasteiger partial charge in [0.25, 0.3) is 5.91 Å². The number of nitrogens with one attached hydrogen (secondary N) is 1. The lowest BCUT2D eigenvalue weighted by Crippen LogP contribution is -2.40. The van der Waals surface area contributed by atoms with Gasteiger partial charge in [0, 0.05) is 49.8 Å². The summed E-state index contributed by atoms with van der Waals surface area (Å²) in [5.74, 6) is 0.388. The third kappa shape index (κ3) is 5.56. The molecule has 1 amide bonds. The molecule has 1 aromatic carbocycles. The zero-order valence-corrected chi connectivity index (χ0v) is 25.3. The smallest absolute Gasteiger partial charge is 0.253 e. The summed E-state index contributed by atoms with van der Waals surface area (Å²) in [5.41, 5.74) is 2.51. The fourth-order valence-electron chi connectivity index (χ4n) is 5.45. The molecule has 0 saturated carbocycles. The van der Waals surface area contributed by atoms with E-state index in [0.717, 1.165) is 31.4 Å². The van der Waals surface area contributed by atoms with E-state index in [4.69, 9.17) is 11.6 Å². The number of carbonyl (C=O) groups is 1. The van der Waals surface area contributed by atoms with Gasteiger partial charge in [-0.2, -0.15) is 0 Å². The Kier molecular flexibility index (Phi) is 7.97. The molecule has 2 aliphatic heterocycles. The molecule has 41 heavy (non-hydrogen) atoms. The number of fused-ring (bicyclic) bond motifs is 1. The number of hydrogen-bond donors (Lipinski definition) is 2. The van der Waals surface area contributed by atoms with Gasteiger partial charge in [-0.3, -0.25) is 4.79 Å². The second-order valence-corrected chi connectivity index (χ2v) is 12.2. The van der Waals surface area contributed by atoms with E-state index in [-0.39, 0.29) is 21.4 Å². The van der Waals surface area contributed by atoms with Crippen LogP contribution in [0.3, 0.4) is 0 Å². The lowest BCUT2D eigenvalue weighted by atomic mass is 10.1. The van der Waals surface area contributed by atoms with Crippen molar-refractivity contribution in [3.8, 4) is 0 Å². The van der Waals surface area contributed by atoms with Crippen LogP contribution >= 0.6 is 34.2 Å². The van der Waals surface area contributed by atoms with E-state index in [2.05, 4.69) is 59.7 Å². The molecule has 0 bridgehead atoms. The maximum atomic E-state index is 15.4. The number of piperidine rings is 1. The third-order valence-corrected chi connectivity index (χ3v) is 9.23. The molecule has 2 fully saturated rings. The lowest BCUT2D eigenvalue weighted by Gasteiger charge is -2.37. The quantitative estimate of drug-likeness (QED) is 0.163. The van der Waals surface area contributed by atoms with Crippen molar-refractivity contribution in [2.75, 3.05) is 29.9 Å². The van der Waals surface area contributed by atoms with E-state index < -0.39 is 11.9 Å². The molecule has 2 N–H and O–H groups in total. The number of amides is 1. The molecular weight excluding hydrogens is 662 g/mol. The number of nitrogens with zero attached hydrogens (tertiary/aromatic N) is 7. The first-order valence-electron chi connectivity index (χ1n) is 13.6. The van der Waals surface area contributed by atoms with Crippen LogP contribution in [-0.4, -0.2) is 70.2 Å². The number of aliphatic hydroxyl groups is 1. The average Bonchev–Trinajstić information content (AvgIpc) is 3.57. The molecule has 0 radical (unpaired) electrons. The van der Waals surface area contributed by atoms with E-state index in [1.807, 2.05) is 17.0 Å². The highest BCUT2D eigenvalue weighted by molar-refractivity contribution is 14.1. The molecule has 2 saturated heterocycles. The van der Waals surface area contributed by atoms with Crippen molar-refractivity contribution in [1.29, 1.82) is 0 Å². The van der Waals surface area contributed by atoms with Crippen LogP contribution in [0.25, 0.3) is 11.0 Å². The maximum absolute atomic E-state index is 15.4. The van der Waals surface area contributed by atoms with Gasteiger partial charge in [0.15, 0.2) is 5.82 Å². The van der Waals surface area contributed by atoms with Crippen molar-refractivity contribution in [3.05, 3.63) is 65.1 Å². The van der Waals surface area contributed by atoms with E-state index in [9.17, 15) is 9.90 Å². The standard InChI is InChI=1S/C28H29ClFIN8O2/c1-2-16-11-32-28(33-12-16)38-8-5-18(10-23(38)31)39-14-21(30)24-25(34-15-35-26(24)39)36-22-4-3-17(9-20(22)29)27(41)37-7-6-19(40)13-37/h3-4,9,11-12,14-15,18-19,23,40H,2,5-8,10,13H2,1H3,(H,34,35,36). The number of aliphatic hydroxyl groups excluding tert-OH is 1. The van der Waals surface area contributed by atoms with Gasteiger partial charge in [-0.25, -0.2) is 24.3 Å².